The lowest BCUT2D eigenvalue weighted by Crippen LogP contribution is -2.19. The average molecular weight is 445 g/mol. The maximum atomic E-state index is 12.4. The van der Waals surface area contributed by atoms with Crippen molar-refractivity contribution in [1.29, 1.82) is 0 Å². The molecular weight excluding hydrogens is 420 g/mol. The molecule has 0 unspecified atom stereocenters. The van der Waals surface area contributed by atoms with Gasteiger partial charge in [0.15, 0.2) is 16.7 Å². The van der Waals surface area contributed by atoms with E-state index in [-0.39, 0.29) is 5.91 Å². The van der Waals surface area contributed by atoms with Gasteiger partial charge in [-0.3, -0.25) is 4.79 Å². The number of thioether (sulfide) groups is 1. The zero-order valence-electron chi connectivity index (χ0n) is 18.0. The zero-order valence-corrected chi connectivity index (χ0v) is 18.8. The molecule has 1 N–H and O–H groups in total. The van der Waals surface area contributed by atoms with Gasteiger partial charge in [0.2, 0.25) is 0 Å². The molecule has 1 saturated heterocycles. The van der Waals surface area contributed by atoms with Crippen LogP contribution < -0.4 is 14.8 Å². The van der Waals surface area contributed by atoms with Gasteiger partial charge in [-0.1, -0.05) is 54.1 Å². The molecule has 6 heteroatoms. The Labute approximate surface area is 192 Å². The number of aliphatic imine (C=N–C) groups is 1. The van der Waals surface area contributed by atoms with Gasteiger partial charge in [-0.15, -0.1) is 0 Å². The van der Waals surface area contributed by atoms with E-state index >= 15 is 0 Å². The molecule has 32 heavy (non-hydrogen) atoms. The Kier molecular flexibility index (Phi) is 6.92. The lowest BCUT2D eigenvalue weighted by atomic mass is 10.2. The first kappa shape index (κ1) is 21.7. The molecule has 0 atom stereocenters. The third-order valence-corrected chi connectivity index (χ3v) is 5.63. The van der Waals surface area contributed by atoms with Crippen molar-refractivity contribution in [3.05, 3.63) is 94.4 Å². The summed E-state index contributed by atoms with van der Waals surface area (Å²) in [5, 5.41) is 3.39. The molecule has 0 bridgehead atoms. The predicted octanol–water partition coefficient (Wildman–Crippen LogP) is 5.86. The van der Waals surface area contributed by atoms with Gasteiger partial charge in [-0.05, 0) is 67.1 Å². The summed E-state index contributed by atoms with van der Waals surface area (Å²) >= 11 is 1.32. The average Bonchev–Trinajstić information content (AvgIpc) is 3.14. The van der Waals surface area contributed by atoms with E-state index in [1.165, 1.54) is 17.3 Å². The number of amidine groups is 1. The summed E-state index contributed by atoms with van der Waals surface area (Å²) in [7, 11) is 0. The highest BCUT2D eigenvalue weighted by Gasteiger charge is 2.24. The fourth-order valence-corrected chi connectivity index (χ4v) is 3.95. The number of nitrogens with zero attached hydrogens (tertiary/aromatic N) is 1. The van der Waals surface area contributed by atoms with E-state index in [1.54, 1.807) is 0 Å². The second-order valence-electron chi connectivity index (χ2n) is 7.23. The van der Waals surface area contributed by atoms with Crippen LogP contribution in [0.2, 0.25) is 0 Å². The van der Waals surface area contributed by atoms with Crippen molar-refractivity contribution < 1.29 is 14.3 Å². The van der Waals surface area contributed by atoms with Crippen LogP contribution in [0.25, 0.3) is 6.08 Å². The molecule has 1 aliphatic rings. The smallest absolute Gasteiger partial charge is 0.264 e. The minimum absolute atomic E-state index is 0.164. The standard InChI is InChI=1S/C26H24N2O3S/c1-3-30-23-15-20(11-14-22(23)31-17-19-7-5-4-6-8-19)16-24-25(29)28-26(32-24)27-21-12-9-18(2)10-13-21/h4-16H,3,17H2,1-2H3,(H,27,28,29)/b24-16-. The lowest BCUT2D eigenvalue weighted by molar-refractivity contribution is -0.115. The maximum absolute atomic E-state index is 12.4. The number of rotatable bonds is 7. The van der Waals surface area contributed by atoms with Crippen molar-refractivity contribution in [2.24, 2.45) is 4.99 Å². The summed E-state index contributed by atoms with van der Waals surface area (Å²) in [6, 6.07) is 23.5. The number of nitrogens with one attached hydrogen (secondary N) is 1. The summed E-state index contributed by atoms with van der Waals surface area (Å²) in [6.45, 7) is 4.93. The molecule has 0 radical (unpaired) electrons. The normalized spacial score (nSPS) is 15.8. The van der Waals surface area contributed by atoms with Crippen LogP contribution in [-0.2, 0) is 11.4 Å². The van der Waals surface area contributed by atoms with Crippen LogP contribution in [0.1, 0.15) is 23.6 Å². The number of carbonyl (C=O) groups excluding carboxylic acids is 1. The van der Waals surface area contributed by atoms with Crippen molar-refractivity contribution in [1.82, 2.24) is 5.32 Å². The van der Waals surface area contributed by atoms with Crippen LogP contribution in [0.15, 0.2) is 82.7 Å². The molecule has 0 spiro atoms. The number of aryl methyl sites for hydroxylation is 1. The van der Waals surface area contributed by atoms with E-state index in [9.17, 15) is 4.79 Å². The van der Waals surface area contributed by atoms with Gasteiger partial charge in [-0.25, -0.2) is 4.99 Å². The molecule has 162 valence electrons. The highest BCUT2D eigenvalue weighted by Crippen LogP contribution is 2.33. The summed E-state index contributed by atoms with van der Waals surface area (Å²) in [6.07, 6.45) is 1.83. The van der Waals surface area contributed by atoms with E-state index < -0.39 is 0 Å². The second-order valence-corrected chi connectivity index (χ2v) is 8.26. The molecule has 3 aromatic rings. The number of benzene rings is 3. The number of carbonyl (C=O) groups is 1. The number of amides is 1. The van der Waals surface area contributed by atoms with Crippen molar-refractivity contribution in [3.63, 3.8) is 0 Å². The minimum Gasteiger partial charge on any atom is -0.490 e. The van der Waals surface area contributed by atoms with Crippen LogP contribution in [0, 0.1) is 6.92 Å². The molecule has 0 aromatic heterocycles. The zero-order chi connectivity index (χ0) is 22.3. The first-order valence-corrected chi connectivity index (χ1v) is 11.2. The summed E-state index contributed by atoms with van der Waals surface area (Å²) in [5.74, 6) is 1.15. The summed E-state index contributed by atoms with van der Waals surface area (Å²) < 4.78 is 11.7. The highest BCUT2D eigenvalue weighted by atomic mass is 32.2. The Morgan fingerprint density at radius 1 is 0.969 bits per heavy atom. The Hall–Kier alpha value is -3.51. The largest absolute Gasteiger partial charge is 0.490 e. The topological polar surface area (TPSA) is 59.9 Å². The van der Waals surface area contributed by atoms with Crippen LogP contribution >= 0.6 is 11.8 Å². The second kappa shape index (κ2) is 10.2. The molecular formula is C26H24N2O3S. The van der Waals surface area contributed by atoms with Crippen molar-refractivity contribution in [3.8, 4) is 11.5 Å². The van der Waals surface area contributed by atoms with E-state index in [2.05, 4.69) is 10.3 Å². The van der Waals surface area contributed by atoms with Gasteiger partial charge < -0.3 is 14.8 Å². The number of hydrogen-bond donors (Lipinski definition) is 1. The fraction of sp³-hybridized carbons (Fsp3) is 0.154. The van der Waals surface area contributed by atoms with Crippen molar-refractivity contribution >= 4 is 34.6 Å². The SMILES string of the molecule is CCOc1cc(/C=C2\SC(=Nc3ccc(C)cc3)NC2=O)ccc1OCc1ccccc1. The van der Waals surface area contributed by atoms with Gasteiger partial charge in [0.25, 0.3) is 5.91 Å². The molecule has 3 aromatic carbocycles. The molecule has 4 rings (SSSR count). The minimum atomic E-state index is -0.164. The van der Waals surface area contributed by atoms with Crippen LogP contribution in [0.3, 0.4) is 0 Å². The van der Waals surface area contributed by atoms with E-state index in [0.717, 1.165) is 16.8 Å². The Morgan fingerprint density at radius 2 is 1.75 bits per heavy atom. The maximum Gasteiger partial charge on any atom is 0.264 e. The predicted molar refractivity (Wildman–Crippen MR) is 130 cm³/mol. The summed E-state index contributed by atoms with van der Waals surface area (Å²) in [5.41, 5.74) is 3.91. The molecule has 5 nitrogen and oxygen atoms in total. The molecule has 1 heterocycles. The Bertz CT molecular complexity index is 1160. The van der Waals surface area contributed by atoms with E-state index in [4.69, 9.17) is 9.47 Å². The van der Waals surface area contributed by atoms with Crippen molar-refractivity contribution in [2.75, 3.05) is 6.61 Å². The van der Waals surface area contributed by atoms with E-state index in [0.29, 0.717) is 34.8 Å². The molecule has 1 aliphatic heterocycles. The van der Waals surface area contributed by atoms with E-state index in [1.807, 2.05) is 92.7 Å². The molecule has 1 fully saturated rings. The van der Waals surface area contributed by atoms with Gasteiger partial charge in [0, 0.05) is 0 Å². The first-order chi connectivity index (χ1) is 15.6. The summed E-state index contributed by atoms with van der Waals surface area (Å²) in [4.78, 5) is 17.5. The molecule has 0 aliphatic carbocycles. The Balaban J connectivity index is 1.50. The lowest BCUT2D eigenvalue weighted by Gasteiger charge is -2.13. The molecule has 0 saturated carbocycles. The monoisotopic (exact) mass is 444 g/mol. The van der Waals surface area contributed by atoms with Gasteiger partial charge in [-0.2, -0.15) is 0 Å². The van der Waals surface area contributed by atoms with Gasteiger partial charge in [0.05, 0.1) is 17.2 Å². The van der Waals surface area contributed by atoms with Crippen LogP contribution in [-0.4, -0.2) is 17.7 Å². The van der Waals surface area contributed by atoms with Gasteiger partial charge in [0.1, 0.15) is 6.61 Å². The first-order valence-electron chi connectivity index (χ1n) is 10.4. The third-order valence-electron chi connectivity index (χ3n) is 4.72. The van der Waals surface area contributed by atoms with Gasteiger partial charge >= 0.3 is 0 Å². The fourth-order valence-electron chi connectivity index (χ4n) is 3.11. The van der Waals surface area contributed by atoms with Crippen molar-refractivity contribution in [2.45, 2.75) is 20.5 Å². The number of hydrogen-bond acceptors (Lipinski definition) is 5. The molecule has 1 amide bonds. The third kappa shape index (κ3) is 5.59. The highest BCUT2D eigenvalue weighted by molar-refractivity contribution is 8.18. The van der Waals surface area contributed by atoms with Crippen LogP contribution in [0.4, 0.5) is 5.69 Å². The number of ether oxygens (including phenoxy) is 2. The quantitative estimate of drug-likeness (QED) is 0.464. The van der Waals surface area contributed by atoms with Crippen LogP contribution in [0.5, 0.6) is 11.5 Å². The Morgan fingerprint density at radius 3 is 2.50 bits per heavy atom.